The summed E-state index contributed by atoms with van der Waals surface area (Å²) in [4.78, 5) is 5.30. The molecular formula is C23H19FN4O2. The second-order valence-corrected chi connectivity index (χ2v) is 7.42. The molecule has 30 heavy (non-hydrogen) atoms. The lowest BCUT2D eigenvalue weighted by Gasteiger charge is -2.30. The van der Waals surface area contributed by atoms with Crippen LogP contribution in [0.2, 0.25) is 0 Å². The van der Waals surface area contributed by atoms with E-state index in [1.165, 1.54) is 17.2 Å². The molecule has 0 spiro atoms. The van der Waals surface area contributed by atoms with Gasteiger partial charge >= 0.3 is 0 Å². The quantitative estimate of drug-likeness (QED) is 0.514. The molecule has 0 bridgehead atoms. The molecule has 6 nitrogen and oxygen atoms in total. The monoisotopic (exact) mass is 402 g/mol. The van der Waals surface area contributed by atoms with Gasteiger partial charge in [0, 0.05) is 41.7 Å². The van der Waals surface area contributed by atoms with Gasteiger partial charge in [0.05, 0.1) is 12.1 Å². The average Bonchev–Trinajstić information content (AvgIpc) is 3.19. The third-order valence-electron chi connectivity index (χ3n) is 5.50. The number of aryl methyl sites for hydroxylation is 1. The molecule has 0 amide bonds. The first-order valence-electron chi connectivity index (χ1n) is 9.44. The van der Waals surface area contributed by atoms with Crippen LogP contribution in [-0.4, -0.2) is 29.9 Å². The summed E-state index contributed by atoms with van der Waals surface area (Å²) >= 11 is 0. The minimum Gasteiger partial charge on any atom is -0.344 e. The molecule has 0 aliphatic carbocycles. The summed E-state index contributed by atoms with van der Waals surface area (Å²) in [5.74, 6) is -2.79. The number of fused-ring (bicyclic) bond motifs is 2. The van der Waals surface area contributed by atoms with Crippen molar-refractivity contribution in [1.29, 1.82) is 0 Å². The van der Waals surface area contributed by atoms with Gasteiger partial charge in [-0.15, -0.1) is 0 Å². The highest BCUT2D eigenvalue weighted by atomic mass is 19.1. The van der Waals surface area contributed by atoms with E-state index in [4.69, 9.17) is 0 Å². The second kappa shape index (κ2) is 6.48. The molecule has 4 aromatic rings. The maximum absolute atomic E-state index is 15.0. The molecule has 2 aromatic carbocycles. The van der Waals surface area contributed by atoms with Crippen LogP contribution in [0.3, 0.4) is 0 Å². The Morgan fingerprint density at radius 3 is 2.67 bits per heavy atom. The number of nitrogens with zero attached hydrogens (tertiary/aromatic N) is 4. The number of benzene rings is 2. The lowest BCUT2D eigenvalue weighted by atomic mass is 10.00. The first-order chi connectivity index (χ1) is 14.4. The predicted molar refractivity (Wildman–Crippen MR) is 111 cm³/mol. The highest BCUT2D eigenvalue weighted by Crippen LogP contribution is 2.41. The van der Waals surface area contributed by atoms with Gasteiger partial charge in [0.1, 0.15) is 11.5 Å². The number of hydrogen-bond donors (Lipinski definition) is 2. The summed E-state index contributed by atoms with van der Waals surface area (Å²) in [6.07, 6.45) is 3.38. The molecule has 7 heteroatoms. The molecule has 0 saturated carbocycles. The lowest BCUT2D eigenvalue weighted by molar-refractivity contribution is -0.253. The maximum Gasteiger partial charge on any atom is 0.294 e. The summed E-state index contributed by atoms with van der Waals surface area (Å²) in [6, 6.07) is 14.1. The number of rotatable bonds is 3. The van der Waals surface area contributed by atoms with E-state index in [1.54, 1.807) is 22.9 Å². The van der Waals surface area contributed by atoms with Crippen molar-refractivity contribution in [2.75, 3.05) is 0 Å². The Morgan fingerprint density at radius 2 is 1.90 bits per heavy atom. The predicted octanol–water partition coefficient (Wildman–Crippen LogP) is 3.36. The number of pyridine rings is 1. The van der Waals surface area contributed by atoms with Crippen molar-refractivity contribution in [3.8, 4) is 11.1 Å². The highest BCUT2D eigenvalue weighted by Gasteiger charge is 2.45. The van der Waals surface area contributed by atoms with Gasteiger partial charge in [0.2, 0.25) is 0 Å². The second-order valence-electron chi connectivity index (χ2n) is 7.42. The Hall–Kier alpha value is -3.55. The molecule has 0 atom stereocenters. The van der Waals surface area contributed by atoms with Gasteiger partial charge in [-0.1, -0.05) is 30.8 Å². The largest absolute Gasteiger partial charge is 0.344 e. The van der Waals surface area contributed by atoms with Crippen LogP contribution in [0.5, 0.6) is 0 Å². The molecule has 150 valence electrons. The normalized spacial score (nSPS) is 15.1. The summed E-state index contributed by atoms with van der Waals surface area (Å²) < 4.78 is 16.8. The Bertz CT molecular complexity index is 1310. The Balaban J connectivity index is 1.50. The van der Waals surface area contributed by atoms with Crippen molar-refractivity contribution in [2.24, 2.45) is 7.05 Å². The Morgan fingerprint density at radius 1 is 1.10 bits per heavy atom. The van der Waals surface area contributed by atoms with Crippen LogP contribution in [0.4, 0.5) is 4.39 Å². The third-order valence-corrected chi connectivity index (χ3v) is 5.50. The van der Waals surface area contributed by atoms with Gasteiger partial charge in [0.25, 0.3) is 5.91 Å². The topological polar surface area (TPSA) is 74.4 Å². The zero-order chi connectivity index (χ0) is 21.0. The van der Waals surface area contributed by atoms with Gasteiger partial charge in [-0.2, -0.15) is 5.10 Å². The number of halogens is 1. The molecule has 0 fully saturated rings. The van der Waals surface area contributed by atoms with Gasteiger partial charge in [-0.25, -0.2) is 4.39 Å². The van der Waals surface area contributed by atoms with Crippen molar-refractivity contribution in [3.63, 3.8) is 0 Å². The van der Waals surface area contributed by atoms with Gasteiger partial charge in [-0.05, 0) is 35.4 Å². The molecule has 2 aromatic heterocycles. The molecule has 0 saturated heterocycles. The van der Waals surface area contributed by atoms with Crippen LogP contribution in [0.15, 0.2) is 67.5 Å². The van der Waals surface area contributed by atoms with Crippen LogP contribution in [-0.2, 0) is 19.5 Å². The van der Waals surface area contributed by atoms with Gasteiger partial charge in [-0.3, -0.25) is 9.67 Å². The molecular weight excluding hydrogens is 383 g/mol. The van der Waals surface area contributed by atoms with Crippen molar-refractivity contribution in [1.82, 2.24) is 19.7 Å². The van der Waals surface area contributed by atoms with Crippen LogP contribution < -0.4 is 0 Å². The summed E-state index contributed by atoms with van der Waals surface area (Å²) in [7, 11) is 1.85. The molecule has 1 aliphatic rings. The van der Waals surface area contributed by atoms with E-state index in [-0.39, 0.29) is 12.2 Å². The van der Waals surface area contributed by atoms with Crippen LogP contribution in [0.25, 0.3) is 27.7 Å². The minimum atomic E-state index is -2.35. The fraction of sp³-hybridized carbons (Fsp3) is 0.130. The van der Waals surface area contributed by atoms with Crippen molar-refractivity contribution in [3.05, 3.63) is 90.1 Å². The van der Waals surface area contributed by atoms with Crippen molar-refractivity contribution in [2.45, 2.75) is 12.5 Å². The summed E-state index contributed by atoms with van der Waals surface area (Å²) in [6.45, 7) is 3.87. The molecule has 2 N–H and O–H groups in total. The fourth-order valence-corrected chi connectivity index (χ4v) is 4.00. The van der Waals surface area contributed by atoms with Gasteiger partial charge < -0.3 is 15.1 Å². The Kier molecular flexibility index (Phi) is 3.99. The summed E-state index contributed by atoms with van der Waals surface area (Å²) in [5.41, 5.74) is 3.76. The van der Waals surface area contributed by atoms with Gasteiger partial charge in [0.15, 0.2) is 0 Å². The molecule has 0 radical (unpaired) electrons. The van der Waals surface area contributed by atoms with Crippen LogP contribution in [0.1, 0.15) is 16.8 Å². The van der Waals surface area contributed by atoms with E-state index in [2.05, 4.69) is 16.7 Å². The Labute approximate surface area is 172 Å². The first kappa shape index (κ1) is 18.5. The third kappa shape index (κ3) is 2.71. The maximum atomic E-state index is 15.0. The van der Waals surface area contributed by atoms with E-state index in [0.717, 1.165) is 22.0 Å². The van der Waals surface area contributed by atoms with E-state index in [0.29, 0.717) is 16.8 Å². The highest BCUT2D eigenvalue weighted by molar-refractivity contribution is 5.94. The van der Waals surface area contributed by atoms with E-state index in [1.807, 2.05) is 37.5 Å². The number of aliphatic hydroxyl groups is 2. The van der Waals surface area contributed by atoms with E-state index in [9.17, 15) is 10.2 Å². The standard InChI is InChI=1S/C23H19FN4O2/c1-14-17-6-4-10-25-22(17)23(29,30)28(14)12-16-9-8-15(11-20(16)24)18-5-3-7-21-19(18)13-27(2)26-21/h3-11,13,29-30H,1,12H2,2H3. The SMILES string of the molecule is C=C1c2cccnc2C(O)(O)N1Cc1ccc(-c2cccc3nn(C)cc23)cc1F. The van der Waals surface area contributed by atoms with Crippen molar-refractivity contribution >= 4 is 16.6 Å². The van der Waals surface area contributed by atoms with E-state index >= 15 is 4.39 Å². The zero-order valence-corrected chi connectivity index (χ0v) is 16.2. The lowest BCUT2D eigenvalue weighted by Crippen LogP contribution is -2.40. The average molecular weight is 402 g/mol. The van der Waals surface area contributed by atoms with Crippen LogP contribution >= 0.6 is 0 Å². The molecule has 3 heterocycles. The minimum absolute atomic E-state index is 0.0641. The molecule has 0 unspecified atom stereocenters. The number of aromatic nitrogens is 3. The fourth-order valence-electron chi connectivity index (χ4n) is 4.00. The first-order valence-corrected chi connectivity index (χ1v) is 9.44. The zero-order valence-electron chi connectivity index (χ0n) is 16.2. The summed E-state index contributed by atoms with van der Waals surface area (Å²) in [5, 5.41) is 26.6. The van der Waals surface area contributed by atoms with E-state index < -0.39 is 11.7 Å². The molecule has 1 aliphatic heterocycles. The number of hydrogen-bond acceptors (Lipinski definition) is 5. The smallest absolute Gasteiger partial charge is 0.294 e. The van der Waals surface area contributed by atoms with Crippen LogP contribution in [0, 0.1) is 5.82 Å². The van der Waals surface area contributed by atoms with Crippen molar-refractivity contribution < 1.29 is 14.6 Å². The molecule has 5 rings (SSSR count).